The lowest BCUT2D eigenvalue weighted by molar-refractivity contribution is -0.0199. The SMILES string of the molecule is C[C@@](O)(CN1CCN(C2CC=C(OCC#N)C=C2Cl)[C@H](c2ccc(Cl)cc2)C1)c1ccc(C#N)cc1. The second kappa shape index (κ2) is 11.5. The molecule has 3 atom stereocenters. The van der Waals surface area contributed by atoms with Crippen LogP contribution in [0.3, 0.4) is 0 Å². The van der Waals surface area contributed by atoms with Crippen LogP contribution in [0.1, 0.15) is 36.1 Å². The van der Waals surface area contributed by atoms with Crippen molar-refractivity contribution in [2.75, 3.05) is 32.8 Å². The van der Waals surface area contributed by atoms with Gasteiger partial charge >= 0.3 is 0 Å². The van der Waals surface area contributed by atoms with Gasteiger partial charge in [-0.25, -0.2) is 0 Å². The summed E-state index contributed by atoms with van der Waals surface area (Å²) in [6, 6.07) is 19.1. The van der Waals surface area contributed by atoms with Crippen LogP contribution in [0, 0.1) is 22.7 Å². The van der Waals surface area contributed by atoms with Gasteiger partial charge in [0.05, 0.1) is 17.2 Å². The molecule has 1 N–H and O–H groups in total. The maximum Gasteiger partial charge on any atom is 0.174 e. The third-order valence-electron chi connectivity index (χ3n) is 6.77. The number of ether oxygens (including phenoxy) is 1. The number of allylic oxidation sites excluding steroid dienone is 1. The summed E-state index contributed by atoms with van der Waals surface area (Å²) in [5.74, 6) is 0.623. The van der Waals surface area contributed by atoms with Gasteiger partial charge < -0.3 is 9.84 Å². The minimum Gasteiger partial charge on any atom is -0.479 e. The molecule has 186 valence electrons. The molecular formula is C28H28Cl2N4O2. The predicted octanol–water partition coefficient (Wildman–Crippen LogP) is 5.10. The van der Waals surface area contributed by atoms with E-state index in [0.29, 0.717) is 40.9 Å². The number of hydrogen-bond donors (Lipinski definition) is 1. The van der Waals surface area contributed by atoms with Crippen LogP contribution >= 0.6 is 23.2 Å². The zero-order valence-electron chi connectivity index (χ0n) is 20.1. The van der Waals surface area contributed by atoms with Crippen LogP contribution in [-0.4, -0.2) is 53.7 Å². The molecule has 8 heteroatoms. The van der Waals surface area contributed by atoms with Gasteiger partial charge in [-0.3, -0.25) is 9.80 Å². The van der Waals surface area contributed by atoms with E-state index >= 15 is 0 Å². The molecule has 1 aliphatic heterocycles. The van der Waals surface area contributed by atoms with E-state index in [1.165, 1.54) is 0 Å². The van der Waals surface area contributed by atoms with Gasteiger partial charge in [-0.2, -0.15) is 10.5 Å². The van der Waals surface area contributed by atoms with Crippen molar-refractivity contribution in [3.63, 3.8) is 0 Å². The number of benzene rings is 2. The lowest BCUT2D eigenvalue weighted by atomic mass is 9.92. The molecule has 1 aliphatic carbocycles. The maximum atomic E-state index is 11.3. The number of nitrogens with zero attached hydrogens (tertiary/aromatic N) is 4. The standard InChI is InChI=1S/C28H28Cl2N4O2/c1-28(35,22-6-2-20(17-32)3-7-22)19-33-13-14-34(27(18-33)21-4-8-23(29)9-5-21)26-11-10-24(16-25(26)30)36-15-12-31/h2-10,16,26-27,35H,11,13-15,18-19H2,1H3/t26?,27-,28+/m0/s1. The quantitative estimate of drug-likeness (QED) is 0.544. The van der Waals surface area contributed by atoms with Crippen LogP contribution in [0.2, 0.25) is 5.02 Å². The first-order chi connectivity index (χ1) is 17.3. The maximum absolute atomic E-state index is 11.3. The molecule has 0 saturated carbocycles. The highest BCUT2D eigenvalue weighted by Crippen LogP contribution is 2.36. The number of aliphatic hydroxyl groups is 1. The molecule has 1 unspecified atom stereocenters. The van der Waals surface area contributed by atoms with Crippen LogP contribution in [0.25, 0.3) is 0 Å². The van der Waals surface area contributed by atoms with Gasteiger partial charge in [0.2, 0.25) is 0 Å². The number of nitriles is 2. The Bertz CT molecular complexity index is 1210. The minimum atomic E-state index is -1.07. The van der Waals surface area contributed by atoms with Gasteiger partial charge in [-0.05, 0) is 60.9 Å². The van der Waals surface area contributed by atoms with Crippen LogP contribution in [0.15, 0.2) is 71.5 Å². The van der Waals surface area contributed by atoms with E-state index in [4.69, 9.17) is 38.5 Å². The first-order valence-electron chi connectivity index (χ1n) is 11.8. The smallest absolute Gasteiger partial charge is 0.174 e. The van der Waals surface area contributed by atoms with Crippen molar-refractivity contribution in [1.29, 1.82) is 10.5 Å². The molecule has 2 aromatic carbocycles. The topological polar surface area (TPSA) is 83.5 Å². The van der Waals surface area contributed by atoms with Crippen LogP contribution in [0.5, 0.6) is 0 Å². The van der Waals surface area contributed by atoms with E-state index in [2.05, 4.69) is 15.9 Å². The van der Waals surface area contributed by atoms with Gasteiger partial charge in [0.25, 0.3) is 0 Å². The van der Waals surface area contributed by atoms with Crippen molar-refractivity contribution >= 4 is 23.2 Å². The lowest BCUT2D eigenvalue weighted by Crippen LogP contribution is -2.54. The Kier molecular flexibility index (Phi) is 8.36. The van der Waals surface area contributed by atoms with Crippen molar-refractivity contribution < 1.29 is 9.84 Å². The highest BCUT2D eigenvalue weighted by molar-refractivity contribution is 6.30. The third kappa shape index (κ3) is 6.10. The number of halogens is 2. The molecule has 2 aliphatic rings. The van der Waals surface area contributed by atoms with Gasteiger partial charge in [-0.15, -0.1) is 0 Å². The number of hydrogen-bond acceptors (Lipinski definition) is 6. The molecular weight excluding hydrogens is 495 g/mol. The zero-order valence-corrected chi connectivity index (χ0v) is 21.6. The Hall–Kier alpha value is -2.84. The summed E-state index contributed by atoms with van der Waals surface area (Å²) in [6.07, 6.45) is 4.46. The highest BCUT2D eigenvalue weighted by atomic mass is 35.5. The average molecular weight is 523 g/mol. The summed E-state index contributed by atoms with van der Waals surface area (Å²) in [7, 11) is 0. The minimum absolute atomic E-state index is 0.0111. The van der Waals surface area contributed by atoms with Crippen LogP contribution in [-0.2, 0) is 10.3 Å². The first-order valence-corrected chi connectivity index (χ1v) is 12.6. The van der Waals surface area contributed by atoms with Crippen molar-refractivity contribution in [2.45, 2.75) is 31.0 Å². The summed E-state index contributed by atoms with van der Waals surface area (Å²) in [5, 5.41) is 30.6. The lowest BCUT2D eigenvalue weighted by Gasteiger charge is -2.47. The van der Waals surface area contributed by atoms with Crippen molar-refractivity contribution in [1.82, 2.24) is 9.80 Å². The van der Waals surface area contributed by atoms with E-state index in [1.807, 2.05) is 55.5 Å². The number of piperazine rings is 1. The van der Waals surface area contributed by atoms with Gasteiger partial charge in [0, 0.05) is 48.3 Å². The molecule has 36 heavy (non-hydrogen) atoms. The molecule has 1 fully saturated rings. The highest BCUT2D eigenvalue weighted by Gasteiger charge is 2.37. The zero-order chi connectivity index (χ0) is 25.7. The number of rotatable bonds is 7. The molecule has 1 saturated heterocycles. The molecule has 1 heterocycles. The van der Waals surface area contributed by atoms with Crippen molar-refractivity contribution in [3.05, 3.63) is 93.2 Å². The largest absolute Gasteiger partial charge is 0.479 e. The Morgan fingerprint density at radius 3 is 2.42 bits per heavy atom. The van der Waals surface area contributed by atoms with E-state index in [9.17, 15) is 5.11 Å². The Morgan fingerprint density at radius 2 is 1.78 bits per heavy atom. The fourth-order valence-electron chi connectivity index (χ4n) is 4.92. The Morgan fingerprint density at radius 1 is 1.06 bits per heavy atom. The molecule has 6 nitrogen and oxygen atoms in total. The fraction of sp³-hybridized carbons (Fsp3) is 0.357. The molecule has 4 rings (SSSR count). The fourth-order valence-corrected chi connectivity index (χ4v) is 5.37. The monoisotopic (exact) mass is 522 g/mol. The van der Waals surface area contributed by atoms with Crippen molar-refractivity contribution in [3.8, 4) is 12.1 Å². The molecule has 0 radical (unpaired) electrons. The molecule has 2 aromatic rings. The summed E-state index contributed by atoms with van der Waals surface area (Å²) < 4.78 is 5.44. The van der Waals surface area contributed by atoms with Gasteiger partial charge in [0.1, 0.15) is 11.8 Å². The molecule has 0 amide bonds. The molecule has 0 spiro atoms. The van der Waals surface area contributed by atoms with Crippen LogP contribution < -0.4 is 0 Å². The number of β-amino-alcohol motifs (C(OH)–C–C–N with tert-alkyl or cyclic N) is 1. The predicted molar refractivity (Wildman–Crippen MR) is 140 cm³/mol. The normalized spacial score (nSPS) is 22.5. The third-order valence-corrected chi connectivity index (χ3v) is 7.39. The summed E-state index contributed by atoms with van der Waals surface area (Å²) >= 11 is 12.9. The van der Waals surface area contributed by atoms with Crippen LogP contribution in [0.4, 0.5) is 0 Å². The van der Waals surface area contributed by atoms with E-state index in [1.54, 1.807) is 18.2 Å². The van der Waals surface area contributed by atoms with E-state index in [0.717, 1.165) is 24.2 Å². The summed E-state index contributed by atoms with van der Waals surface area (Å²) in [4.78, 5) is 4.66. The Balaban J connectivity index is 1.54. The molecule has 0 aromatic heterocycles. The van der Waals surface area contributed by atoms with Crippen molar-refractivity contribution in [2.24, 2.45) is 0 Å². The van der Waals surface area contributed by atoms with Gasteiger partial charge in [0.15, 0.2) is 6.61 Å². The molecule has 0 bridgehead atoms. The second-order valence-electron chi connectivity index (χ2n) is 9.34. The first kappa shape index (κ1) is 26.2. The van der Waals surface area contributed by atoms with E-state index < -0.39 is 5.60 Å². The average Bonchev–Trinajstić information content (AvgIpc) is 2.88. The Labute approximate surface area is 222 Å². The van der Waals surface area contributed by atoms with E-state index in [-0.39, 0.29) is 18.7 Å². The van der Waals surface area contributed by atoms with Gasteiger partial charge in [-0.1, -0.05) is 47.5 Å². The second-order valence-corrected chi connectivity index (χ2v) is 10.2. The summed E-state index contributed by atoms with van der Waals surface area (Å²) in [5.41, 5.74) is 1.40. The summed E-state index contributed by atoms with van der Waals surface area (Å²) in [6.45, 7) is 4.48.